The van der Waals surface area contributed by atoms with Gasteiger partial charge in [-0.15, -0.1) is 11.3 Å². The van der Waals surface area contributed by atoms with E-state index in [9.17, 15) is 9.59 Å². The second-order valence-electron chi connectivity index (χ2n) is 8.14. The highest BCUT2D eigenvalue weighted by atomic mass is 32.1. The molecule has 2 aromatic rings. The molecule has 7 heteroatoms. The van der Waals surface area contributed by atoms with Gasteiger partial charge in [0.15, 0.2) is 5.78 Å². The van der Waals surface area contributed by atoms with Crippen LogP contribution in [-0.4, -0.2) is 38.7 Å². The molecule has 1 aliphatic heterocycles. The van der Waals surface area contributed by atoms with Crippen LogP contribution in [-0.2, 0) is 19.1 Å². The van der Waals surface area contributed by atoms with Crippen molar-refractivity contribution in [2.75, 3.05) is 26.9 Å². The number of hydrogen-bond donors (Lipinski definition) is 1. The Balaban J connectivity index is 1.71. The number of ether oxygens (including phenoxy) is 3. The van der Waals surface area contributed by atoms with Gasteiger partial charge in [0.1, 0.15) is 12.4 Å². The molecule has 1 aromatic carbocycles. The molecule has 2 atom stereocenters. The van der Waals surface area contributed by atoms with E-state index in [1.165, 1.54) is 4.88 Å². The number of carbonyl (C=O) groups is 2. The first-order chi connectivity index (χ1) is 16.0. The lowest BCUT2D eigenvalue weighted by Crippen LogP contribution is -2.36. The lowest BCUT2D eigenvalue weighted by atomic mass is 9.72. The van der Waals surface area contributed by atoms with Crippen molar-refractivity contribution in [3.8, 4) is 5.75 Å². The molecule has 0 spiro atoms. The highest BCUT2D eigenvalue weighted by molar-refractivity contribution is 7.10. The van der Waals surface area contributed by atoms with Crippen molar-refractivity contribution in [2.45, 2.75) is 38.5 Å². The number of hydrogen-bond acceptors (Lipinski definition) is 7. The number of carbonyl (C=O) groups excluding carboxylic acids is 2. The summed E-state index contributed by atoms with van der Waals surface area (Å²) in [5.41, 5.74) is 3.61. The summed E-state index contributed by atoms with van der Waals surface area (Å²) >= 11 is 1.68. The first-order valence-corrected chi connectivity index (χ1v) is 12.1. The Kier molecular flexibility index (Phi) is 7.30. The van der Waals surface area contributed by atoms with Crippen LogP contribution in [0.5, 0.6) is 5.75 Å². The minimum atomic E-state index is -0.483. The number of ketones is 1. The highest BCUT2D eigenvalue weighted by Gasteiger charge is 2.41. The summed E-state index contributed by atoms with van der Waals surface area (Å²) in [6, 6.07) is 11.6. The van der Waals surface area contributed by atoms with Gasteiger partial charge in [0, 0.05) is 46.7 Å². The van der Waals surface area contributed by atoms with Crippen molar-refractivity contribution < 1.29 is 23.8 Å². The summed E-state index contributed by atoms with van der Waals surface area (Å²) < 4.78 is 16.1. The number of dihydropyridines is 1. The zero-order chi connectivity index (χ0) is 23.4. The molecule has 0 bridgehead atoms. The molecule has 6 nitrogen and oxygen atoms in total. The van der Waals surface area contributed by atoms with Crippen molar-refractivity contribution in [3.63, 3.8) is 0 Å². The number of Topliss-reactive ketones (excluding diaryl/α,β-unsaturated/α-hetero) is 1. The van der Waals surface area contributed by atoms with Gasteiger partial charge in [0.25, 0.3) is 0 Å². The quantitative estimate of drug-likeness (QED) is 0.448. The second kappa shape index (κ2) is 10.4. The second-order valence-corrected chi connectivity index (χ2v) is 9.12. The molecule has 0 fully saturated rings. The van der Waals surface area contributed by atoms with E-state index >= 15 is 0 Å². The average molecular weight is 468 g/mol. The number of benzene rings is 1. The van der Waals surface area contributed by atoms with Crippen molar-refractivity contribution >= 4 is 23.1 Å². The fourth-order valence-corrected chi connectivity index (χ4v) is 5.41. The zero-order valence-corrected chi connectivity index (χ0v) is 20.0. The molecule has 1 N–H and O–H groups in total. The van der Waals surface area contributed by atoms with Crippen LogP contribution in [0.15, 0.2) is 64.3 Å². The molecular formula is C26H29NO5S. The Morgan fingerprint density at radius 2 is 1.94 bits per heavy atom. The number of nitrogens with one attached hydrogen (secondary N) is 1. The van der Waals surface area contributed by atoms with Crippen LogP contribution in [0.1, 0.15) is 49.0 Å². The Morgan fingerprint density at radius 3 is 2.61 bits per heavy atom. The standard InChI is InChI=1S/C26H29NO5S/c1-4-31-11-12-32-26(29)23-16(2)27-20-14-18(22-6-5-13-33-22)15-21(28)25(20)24(23)17-7-9-19(30-3)10-8-17/h5-10,13,18,24,27H,4,11-12,14-15H2,1-3H3/t18-,24+/m1/s1. The lowest BCUT2D eigenvalue weighted by Gasteiger charge is -2.36. The smallest absolute Gasteiger partial charge is 0.336 e. The SMILES string of the molecule is CCOCCOC(=O)C1=C(C)NC2=C(C(=O)C[C@H](c3cccs3)C2)[C@H]1c1ccc(OC)cc1. The molecule has 0 saturated carbocycles. The number of allylic oxidation sites excluding steroid dienone is 3. The summed E-state index contributed by atoms with van der Waals surface area (Å²) in [5, 5.41) is 5.42. The molecule has 0 unspecified atom stereocenters. The minimum Gasteiger partial charge on any atom is -0.497 e. The fourth-order valence-electron chi connectivity index (χ4n) is 4.58. The molecule has 4 rings (SSSR count). The maximum absolute atomic E-state index is 13.5. The Morgan fingerprint density at radius 1 is 1.15 bits per heavy atom. The Hall–Kier alpha value is -2.90. The molecule has 0 radical (unpaired) electrons. The minimum absolute atomic E-state index is 0.0649. The van der Waals surface area contributed by atoms with Gasteiger partial charge in [-0.05, 0) is 49.4 Å². The van der Waals surface area contributed by atoms with Crippen molar-refractivity contribution in [2.24, 2.45) is 0 Å². The largest absolute Gasteiger partial charge is 0.497 e. The van der Waals surface area contributed by atoms with Gasteiger partial charge in [0.05, 0.1) is 19.3 Å². The summed E-state index contributed by atoms with van der Waals surface area (Å²) in [6.45, 7) is 4.83. The molecule has 0 amide bonds. The predicted molar refractivity (Wildman–Crippen MR) is 127 cm³/mol. The van der Waals surface area contributed by atoms with Crippen LogP contribution in [0.3, 0.4) is 0 Å². The highest BCUT2D eigenvalue weighted by Crippen LogP contribution is 2.46. The maximum Gasteiger partial charge on any atom is 0.336 e. The first-order valence-electron chi connectivity index (χ1n) is 11.2. The van der Waals surface area contributed by atoms with Gasteiger partial charge in [-0.1, -0.05) is 18.2 Å². The Labute approximate surface area is 198 Å². The maximum atomic E-state index is 13.5. The van der Waals surface area contributed by atoms with E-state index in [0.717, 1.165) is 29.1 Å². The van der Waals surface area contributed by atoms with Crippen LogP contribution >= 0.6 is 11.3 Å². The number of thiophene rings is 1. The third-order valence-corrected chi connectivity index (χ3v) is 7.14. The summed E-state index contributed by atoms with van der Waals surface area (Å²) in [4.78, 5) is 27.9. The van der Waals surface area contributed by atoms with Crippen molar-refractivity contribution in [1.82, 2.24) is 5.32 Å². The van der Waals surface area contributed by atoms with Crippen LogP contribution < -0.4 is 10.1 Å². The summed E-state index contributed by atoms with van der Waals surface area (Å²) in [6.07, 6.45) is 1.16. The van der Waals surface area contributed by atoms with Gasteiger partial charge in [-0.25, -0.2) is 4.79 Å². The van der Waals surface area contributed by atoms with Crippen LogP contribution in [0, 0.1) is 0 Å². The topological polar surface area (TPSA) is 73.9 Å². The molecule has 0 saturated heterocycles. The molecule has 33 heavy (non-hydrogen) atoms. The Bertz CT molecular complexity index is 1070. The van der Waals surface area contributed by atoms with E-state index in [0.29, 0.717) is 30.8 Å². The number of esters is 1. The van der Waals surface area contributed by atoms with E-state index in [-0.39, 0.29) is 18.3 Å². The predicted octanol–water partition coefficient (Wildman–Crippen LogP) is 4.70. The number of methoxy groups -OCH3 is 1. The first kappa shape index (κ1) is 23.3. The zero-order valence-electron chi connectivity index (χ0n) is 19.2. The fraction of sp³-hybridized carbons (Fsp3) is 0.385. The average Bonchev–Trinajstić information content (AvgIpc) is 3.36. The lowest BCUT2D eigenvalue weighted by molar-refractivity contribution is -0.140. The molecule has 1 aliphatic carbocycles. The van der Waals surface area contributed by atoms with E-state index in [1.54, 1.807) is 18.4 Å². The van der Waals surface area contributed by atoms with Crippen LogP contribution in [0.4, 0.5) is 0 Å². The van der Waals surface area contributed by atoms with E-state index in [1.807, 2.05) is 49.6 Å². The molecule has 2 aliphatic rings. The van der Waals surface area contributed by atoms with Crippen LogP contribution in [0.25, 0.3) is 0 Å². The van der Waals surface area contributed by atoms with E-state index < -0.39 is 11.9 Å². The monoisotopic (exact) mass is 467 g/mol. The van der Waals surface area contributed by atoms with Gasteiger partial charge >= 0.3 is 5.97 Å². The summed E-state index contributed by atoms with van der Waals surface area (Å²) in [5.74, 6) is 0.0165. The third-order valence-electron chi connectivity index (χ3n) is 6.11. The van der Waals surface area contributed by atoms with Crippen LogP contribution in [0.2, 0.25) is 0 Å². The molecule has 2 heterocycles. The van der Waals surface area contributed by atoms with Crippen molar-refractivity contribution in [3.05, 3.63) is 74.8 Å². The normalized spacial score (nSPS) is 20.4. The van der Waals surface area contributed by atoms with E-state index in [4.69, 9.17) is 14.2 Å². The number of rotatable bonds is 8. The molecule has 1 aromatic heterocycles. The summed E-state index contributed by atoms with van der Waals surface area (Å²) in [7, 11) is 1.61. The van der Waals surface area contributed by atoms with Gasteiger partial charge < -0.3 is 19.5 Å². The molecule has 174 valence electrons. The molecular weight excluding hydrogens is 438 g/mol. The third kappa shape index (κ3) is 4.89. The van der Waals surface area contributed by atoms with Crippen molar-refractivity contribution in [1.29, 1.82) is 0 Å². The van der Waals surface area contributed by atoms with E-state index in [2.05, 4.69) is 11.4 Å². The van der Waals surface area contributed by atoms with Gasteiger partial charge in [0.2, 0.25) is 0 Å². The van der Waals surface area contributed by atoms with Gasteiger partial charge in [-0.2, -0.15) is 0 Å². The van der Waals surface area contributed by atoms with Gasteiger partial charge in [-0.3, -0.25) is 4.79 Å².